The van der Waals surface area contributed by atoms with E-state index in [4.69, 9.17) is 22.4 Å². The van der Waals surface area contributed by atoms with Crippen LogP contribution in [-0.2, 0) is 4.79 Å². The third-order valence-electron chi connectivity index (χ3n) is 3.94. The molecule has 6 heteroatoms. The number of nitrogens with one attached hydrogen (secondary N) is 1. The van der Waals surface area contributed by atoms with Gasteiger partial charge in [-0.2, -0.15) is 0 Å². The van der Waals surface area contributed by atoms with Gasteiger partial charge in [-0.25, -0.2) is 0 Å². The molecule has 1 aromatic rings. The summed E-state index contributed by atoms with van der Waals surface area (Å²) < 4.78 is 0. The fourth-order valence-corrected chi connectivity index (χ4v) is 2.98. The van der Waals surface area contributed by atoms with Gasteiger partial charge in [-0.15, -0.1) is 0 Å². The number of carboxylic acids is 1. The molecule has 2 rings (SSSR count). The number of aliphatic carboxylic acids is 1. The highest BCUT2D eigenvalue weighted by atomic mass is 35.5. The molecular formula is C15H19ClN2O3. The molecule has 0 aromatic heterocycles. The minimum atomic E-state index is -0.896. The van der Waals surface area contributed by atoms with E-state index in [1.54, 1.807) is 12.1 Å². The molecule has 0 saturated heterocycles. The van der Waals surface area contributed by atoms with Crippen LogP contribution < -0.4 is 11.1 Å². The smallest absolute Gasteiger partial charge is 0.305 e. The maximum atomic E-state index is 12.4. The lowest BCUT2D eigenvalue weighted by molar-refractivity contribution is -0.139. The van der Waals surface area contributed by atoms with Gasteiger partial charge in [0, 0.05) is 5.56 Å². The first-order valence-corrected chi connectivity index (χ1v) is 7.39. The van der Waals surface area contributed by atoms with Gasteiger partial charge in [-0.1, -0.05) is 30.9 Å². The van der Waals surface area contributed by atoms with E-state index in [9.17, 15) is 9.59 Å². The van der Waals surface area contributed by atoms with E-state index in [1.807, 2.05) is 0 Å². The van der Waals surface area contributed by atoms with Crippen LogP contribution in [0.5, 0.6) is 0 Å². The van der Waals surface area contributed by atoms with Crippen molar-refractivity contribution in [1.82, 2.24) is 5.32 Å². The van der Waals surface area contributed by atoms with Gasteiger partial charge in [-0.3, -0.25) is 9.59 Å². The zero-order valence-corrected chi connectivity index (χ0v) is 12.4. The molecule has 1 aromatic carbocycles. The maximum Gasteiger partial charge on any atom is 0.305 e. The zero-order valence-electron chi connectivity index (χ0n) is 11.7. The number of carbonyl (C=O) groups is 2. The van der Waals surface area contributed by atoms with Crippen LogP contribution in [0, 0.1) is 0 Å². The Hall–Kier alpha value is -1.75. The first-order valence-electron chi connectivity index (χ1n) is 7.01. The summed E-state index contributed by atoms with van der Waals surface area (Å²) in [5, 5.41) is 12.4. The van der Waals surface area contributed by atoms with E-state index in [2.05, 4.69) is 5.32 Å². The number of hydrogen-bond donors (Lipinski definition) is 3. The Morgan fingerprint density at radius 1 is 1.29 bits per heavy atom. The van der Waals surface area contributed by atoms with Crippen LogP contribution in [0.2, 0.25) is 5.02 Å². The predicted octanol–water partition coefficient (Wildman–Crippen LogP) is 2.83. The highest BCUT2D eigenvalue weighted by molar-refractivity contribution is 6.33. The molecule has 0 heterocycles. The second-order valence-electron chi connectivity index (χ2n) is 5.60. The molecule has 1 amide bonds. The third-order valence-corrected chi connectivity index (χ3v) is 4.28. The molecule has 0 spiro atoms. The number of nitrogens with two attached hydrogens (primary N) is 1. The minimum absolute atomic E-state index is 0.0538. The number of carbonyl (C=O) groups excluding carboxylic acids is 1. The highest BCUT2D eigenvalue weighted by Gasteiger charge is 2.36. The van der Waals surface area contributed by atoms with E-state index < -0.39 is 11.5 Å². The van der Waals surface area contributed by atoms with Gasteiger partial charge in [0.2, 0.25) is 0 Å². The van der Waals surface area contributed by atoms with Crippen molar-refractivity contribution in [2.45, 2.75) is 44.1 Å². The number of anilines is 1. The van der Waals surface area contributed by atoms with E-state index in [-0.39, 0.29) is 12.3 Å². The largest absolute Gasteiger partial charge is 0.481 e. The first kappa shape index (κ1) is 15.6. The van der Waals surface area contributed by atoms with E-state index in [1.165, 1.54) is 6.07 Å². The lowest BCUT2D eigenvalue weighted by Gasteiger charge is -2.37. The molecule has 5 nitrogen and oxygen atoms in total. The van der Waals surface area contributed by atoms with Gasteiger partial charge < -0.3 is 16.2 Å². The van der Waals surface area contributed by atoms with Crippen LogP contribution >= 0.6 is 11.6 Å². The Morgan fingerprint density at radius 3 is 2.52 bits per heavy atom. The van der Waals surface area contributed by atoms with E-state index >= 15 is 0 Å². The van der Waals surface area contributed by atoms with Gasteiger partial charge in [0.05, 0.1) is 22.7 Å². The number of amides is 1. The molecule has 0 atom stereocenters. The van der Waals surface area contributed by atoms with Crippen molar-refractivity contribution < 1.29 is 14.7 Å². The van der Waals surface area contributed by atoms with Crippen molar-refractivity contribution in [2.24, 2.45) is 0 Å². The minimum Gasteiger partial charge on any atom is -0.481 e. The summed E-state index contributed by atoms with van der Waals surface area (Å²) >= 11 is 5.84. The molecule has 0 aliphatic heterocycles. The number of nitrogen functional groups attached to an aromatic ring is 1. The van der Waals surface area contributed by atoms with Crippen molar-refractivity contribution in [2.75, 3.05) is 5.73 Å². The second kappa shape index (κ2) is 6.35. The van der Waals surface area contributed by atoms with Crippen LogP contribution in [0.4, 0.5) is 5.69 Å². The first-order chi connectivity index (χ1) is 9.92. The van der Waals surface area contributed by atoms with Crippen molar-refractivity contribution >= 4 is 29.2 Å². The molecule has 0 bridgehead atoms. The Bertz CT molecular complexity index is 554. The SMILES string of the molecule is Nc1cc(C(=O)NC2(CC(=O)O)CCCCC2)ccc1Cl. The fourth-order valence-electron chi connectivity index (χ4n) is 2.86. The molecule has 1 aliphatic carbocycles. The topological polar surface area (TPSA) is 92.4 Å². The van der Waals surface area contributed by atoms with Crippen molar-refractivity contribution in [3.05, 3.63) is 28.8 Å². The number of hydrogen-bond acceptors (Lipinski definition) is 3. The number of halogens is 1. The van der Waals surface area contributed by atoms with E-state index in [0.717, 1.165) is 19.3 Å². The molecule has 0 unspecified atom stereocenters. The number of carboxylic acid groups (broad SMARTS) is 1. The molecule has 0 radical (unpaired) electrons. The monoisotopic (exact) mass is 310 g/mol. The Balaban J connectivity index is 2.17. The van der Waals surface area contributed by atoms with Gasteiger partial charge in [0.25, 0.3) is 5.91 Å². The van der Waals surface area contributed by atoms with Crippen molar-refractivity contribution in [1.29, 1.82) is 0 Å². The third kappa shape index (κ3) is 3.88. The molecular weight excluding hydrogens is 292 g/mol. The molecule has 1 aliphatic rings. The summed E-state index contributed by atoms with van der Waals surface area (Å²) in [6.45, 7) is 0. The Morgan fingerprint density at radius 2 is 1.95 bits per heavy atom. The average molecular weight is 311 g/mol. The van der Waals surface area contributed by atoms with Crippen LogP contribution in [0.15, 0.2) is 18.2 Å². The average Bonchev–Trinajstić information content (AvgIpc) is 2.41. The molecule has 114 valence electrons. The Labute approximate surface area is 128 Å². The summed E-state index contributed by atoms with van der Waals surface area (Å²) in [7, 11) is 0. The van der Waals surface area contributed by atoms with Crippen LogP contribution in [0.1, 0.15) is 48.9 Å². The standard InChI is InChI=1S/C15H19ClN2O3/c16-11-5-4-10(8-12(11)17)14(21)18-15(9-13(19)20)6-2-1-3-7-15/h4-5,8H,1-3,6-7,9,17H2,(H,18,21)(H,19,20). The molecule has 21 heavy (non-hydrogen) atoms. The van der Waals surface area contributed by atoms with Crippen LogP contribution in [-0.4, -0.2) is 22.5 Å². The van der Waals surface area contributed by atoms with Crippen molar-refractivity contribution in [3.63, 3.8) is 0 Å². The summed E-state index contributed by atoms with van der Waals surface area (Å²) in [6.07, 6.45) is 4.25. The Kier molecular flexibility index (Phi) is 4.73. The summed E-state index contributed by atoms with van der Waals surface area (Å²) in [6, 6.07) is 4.66. The lowest BCUT2D eigenvalue weighted by Crippen LogP contribution is -2.51. The van der Waals surface area contributed by atoms with Gasteiger partial charge in [0.1, 0.15) is 0 Å². The second-order valence-corrected chi connectivity index (χ2v) is 6.01. The summed E-state index contributed by atoms with van der Waals surface area (Å²) in [5.41, 5.74) is 5.77. The normalized spacial score (nSPS) is 17.2. The number of benzene rings is 1. The highest BCUT2D eigenvalue weighted by Crippen LogP contribution is 2.31. The van der Waals surface area contributed by atoms with Gasteiger partial charge in [0.15, 0.2) is 0 Å². The van der Waals surface area contributed by atoms with Crippen molar-refractivity contribution in [3.8, 4) is 0 Å². The molecule has 4 N–H and O–H groups in total. The fraction of sp³-hybridized carbons (Fsp3) is 0.467. The predicted molar refractivity (Wildman–Crippen MR) is 81.4 cm³/mol. The maximum absolute atomic E-state index is 12.4. The van der Waals surface area contributed by atoms with Crippen LogP contribution in [0.25, 0.3) is 0 Å². The number of rotatable bonds is 4. The van der Waals surface area contributed by atoms with Gasteiger partial charge >= 0.3 is 5.97 Å². The van der Waals surface area contributed by atoms with Gasteiger partial charge in [-0.05, 0) is 31.0 Å². The molecule has 1 saturated carbocycles. The molecule has 1 fully saturated rings. The summed E-state index contributed by atoms with van der Waals surface area (Å²) in [4.78, 5) is 23.5. The summed E-state index contributed by atoms with van der Waals surface area (Å²) in [5.74, 6) is -1.20. The lowest BCUT2D eigenvalue weighted by atomic mass is 9.79. The van der Waals surface area contributed by atoms with Crippen LogP contribution in [0.3, 0.4) is 0 Å². The zero-order chi connectivity index (χ0) is 15.5. The van der Waals surface area contributed by atoms with E-state index in [0.29, 0.717) is 29.1 Å². The quantitative estimate of drug-likeness (QED) is 0.746.